The van der Waals surface area contributed by atoms with Gasteiger partial charge in [0.15, 0.2) is 0 Å². The smallest absolute Gasteiger partial charge is 0.327 e. The molecule has 0 bridgehead atoms. The Hall–Kier alpha value is -5.80. The molecule has 49 heavy (non-hydrogen) atoms. The normalized spacial score (nSPS) is 19.0. The third-order valence-electron chi connectivity index (χ3n) is 8.73. The van der Waals surface area contributed by atoms with E-state index in [1.807, 2.05) is 55.5 Å². The minimum Gasteiger partial charge on any atom is -0.488 e. The number of carbonyl (C=O) groups is 3. The number of nitriles is 1. The van der Waals surface area contributed by atoms with Gasteiger partial charge >= 0.3 is 6.03 Å². The number of urea groups is 1. The predicted molar refractivity (Wildman–Crippen MR) is 184 cm³/mol. The third-order valence-corrected chi connectivity index (χ3v) is 10.0. The largest absolute Gasteiger partial charge is 0.488 e. The fourth-order valence-corrected chi connectivity index (χ4v) is 7.61. The maximum atomic E-state index is 13.7. The summed E-state index contributed by atoms with van der Waals surface area (Å²) in [6.07, 6.45) is 3.59. The first-order valence-electron chi connectivity index (χ1n) is 15.8. The van der Waals surface area contributed by atoms with Gasteiger partial charge in [0.25, 0.3) is 0 Å². The summed E-state index contributed by atoms with van der Waals surface area (Å²) in [6, 6.07) is 23.0. The number of likely N-dealkylation sites (tertiary alicyclic amines) is 1. The monoisotopic (exact) mass is 672 g/mol. The Balaban J connectivity index is 1.05. The number of nitrogens with zero attached hydrogens (tertiary/aromatic N) is 4. The van der Waals surface area contributed by atoms with Crippen molar-refractivity contribution in [3.63, 3.8) is 0 Å². The zero-order valence-electron chi connectivity index (χ0n) is 26.6. The highest BCUT2D eigenvalue weighted by Gasteiger charge is 2.47. The number of ether oxygens (including phenoxy) is 2. The molecule has 1 aromatic heterocycles. The Kier molecular flexibility index (Phi) is 8.67. The Labute approximate surface area is 287 Å². The van der Waals surface area contributed by atoms with Crippen molar-refractivity contribution in [2.24, 2.45) is 0 Å². The molecule has 0 radical (unpaired) electrons. The fraction of sp³-hybridized carbons (Fsp3) is 0.216. The average molecular weight is 673 g/mol. The molecule has 2 N–H and O–H groups in total. The topological polar surface area (TPSA) is 137 Å². The highest BCUT2D eigenvalue weighted by molar-refractivity contribution is 8.01. The van der Waals surface area contributed by atoms with Gasteiger partial charge in [-0.3, -0.25) is 14.5 Å². The second kappa shape index (κ2) is 13.4. The third kappa shape index (κ3) is 6.28. The van der Waals surface area contributed by atoms with Crippen molar-refractivity contribution in [1.29, 1.82) is 5.26 Å². The SMILES string of the molecule is C=CC(=O)N1CCC(NC(=O)[C@@H]2Sc3nccc4c3C2NC(=O)N4c2ccc(Oc3cccc(COc4ccccc4C#N)c3)cc2C)C1. The quantitative estimate of drug-likeness (QED) is 0.210. The zero-order valence-corrected chi connectivity index (χ0v) is 27.4. The number of hydrogen-bond acceptors (Lipinski definition) is 8. The van der Waals surface area contributed by atoms with E-state index >= 15 is 0 Å². The van der Waals surface area contributed by atoms with Crippen molar-refractivity contribution in [1.82, 2.24) is 20.5 Å². The number of benzene rings is 3. The second-order valence-corrected chi connectivity index (χ2v) is 13.1. The van der Waals surface area contributed by atoms with Gasteiger partial charge in [0, 0.05) is 30.9 Å². The summed E-state index contributed by atoms with van der Waals surface area (Å²) >= 11 is 1.33. The van der Waals surface area contributed by atoms with Crippen molar-refractivity contribution in [2.45, 2.75) is 42.3 Å². The minimum absolute atomic E-state index is 0.154. The molecule has 12 heteroatoms. The molecule has 246 valence electrons. The number of aromatic nitrogens is 1. The molecule has 11 nitrogen and oxygen atoms in total. The first-order chi connectivity index (χ1) is 23.8. The van der Waals surface area contributed by atoms with Gasteiger partial charge < -0.3 is 25.0 Å². The summed E-state index contributed by atoms with van der Waals surface area (Å²) < 4.78 is 12.1. The molecule has 4 heterocycles. The molecule has 3 aromatic carbocycles. The first kappa shape index (κ1) is 31.8. The Bertz CT molecular complexity index is 2030. The number of anilines is 2. The average Bonchev–Trinajstić information content (AvgIpc) is 3.73. The van der Waals surface area contributed by atoms with E-state index in [0.717, 1.165) is 16.7 Å². The summed E-state index contributed by atoms with van der Waals surface area (Å²) in [5.74, 6) is 1.37. The summed E-state index contributed by atoms with van der Waals surface area (Å²) in [5.41, 5.74) is 4.31. The molecule has 4 amide bonds. The van der Waals surface area contributed by atoms with Crippen LogP contribution in [0, 0.1) is 18.3 Å². The van der Waals surface area contributed by atoms with E-state index < -0.39 is 11.3 Å². The summed E-state index contributed by atoms with van der Waals surface area (Å²) in [7, 11) is 0. The Morgan fingerprint density at radius 1 is 1.12 bits per heavy atom. The minimum atomic E-state index is -0.599. The van der Waals surface area contributed by atoms with Crippen LogP contribution < -0.4 is 25.0 Å². The van der Waals surface area contributed by atoms with Gasteiger partial charge in [-0.1, -0.05) is 42.6 Å². The molecule has 2 unspecified atom stereocenters. The van der Waals surface area contributed by atoms with Crippen LogP contribution in [0.3, 0.4) is 0 Å². The maximum Gasteiger partial charge on any atom is 0.327 e. The molecule has 1 saturated heterocycles. The van der Waals surface area contributed by atoms with Crippen molar-refractivity contribution in [3.8, 4) is 23.3 Å². The number of para-hydroxylation sites is 1. The van der Waals surface area contributed by atoms with E-state index in [9.17, 15) is 19.6 Å². The van der Waals surface area contributed by atoms with Crippen LogP contribution in [0.25, 0.3) is 0 Å². The van der Waals surface area contributed by atoms with E-state index in [4.69, 9.17) is 9.47 Å². The fourth-order valence-electron chi connectivity index (χ4n) is 6.38. The predicted octanol–water partition coefficient (Wildman–Crippen LogP) is 5.91. The first-order valence-corrected chi connectivity index (χ1v) is 16.7. The van der Waals surface area contributed by atoms with Gasteiger partial charge in [-0.15, -0.1) is 0 Å². The van der Waals surface area contributed by atoms with Gasteiger partial charge in [-0.05, 0) is 79.1 Å². The number of pyridine rings is 1. The second-order valence-electron chi connectivity index (χ2n) is 11.9. The molecule has 0 saturated carbocycles. The number of aryl methyl sites for hydroxylation is 1. The summed E-state index contributed by atoms with van der Waals surface area (Å²) in [5, 5.41) is 15.6. The summed E-state index contributed by atoms with van der Waals surface area (Å²) in [4.78, 5) is 47.0. The molecule has 7 rings (SSSR count). The van der Waals surface area contributed by atoms with Crippen LogP contribution in [-0.2, 0) is 16.2 Å². The van der Waals surface area contributed by atoms with Crippen molar-refractivity contribution >= 4 is 41.0 Å². The van der Waals surface area contributed by atoms with Gasteiger partial charge in [-0.25, -0.2) is 9.78 Å². The molecule has 4 aromatic rings. The van der Waals surface area contributed by atoms with E-state index in [-0.39, 0.29) is 30.5 Å². The van der Waals surface area contributed by atoms with E-state index in [0.29, 0.717) is 58.7 Å². The molecule has 3 atom stereocenters. The molecule has 0 spiro atoms. The molecule has 3 aliphatic heterocycles. The maximum absolute atomic E-state index is 13.7. The number of amides is 4. The van der Waals surface area contributed by atoms with Crippen LogP contribution in [-0.4, -0.2) is 52.1 Å². The van der Waals surface area contributed by atoms with Crippen LogP contribution in [0.5, 0.6) is 17.2 Å². The lowest BCUT2D eigenvalue weighted by Gasteiger charge is -2.35. The van der Waals surface area contributed by atoms with E-state index in [2.05, 4.69) is 28.3 Å². The lowest BCUT2D eigenvalue weighted by Crippen LogP contribution is -2.50. The number of rotatable bonds is 9. The van der Waals surface area contributed by atoms with Crippen LogP contribution in [0.4, 0.5) is 16.2 Å². The van der Waals surface area contributed by atoms with Gasteiger partial charge in [-0.2, -0.15) is 5.26 Å². The molecule has 0 aliphatic carbocycles. The van der Waals surface area contributed by atoms with Crippen LogP contribution in [0.15, 0.2) is 96.7 Å². The van der Waals surface area contributed by atoms with Crippen molar-refractivity contribution in [3.05, 3.63) is 114 Å². The summed E-state index contributed by atoms with van der Waals surface area (Å²) in [6.45, 7) is 6.70. The molecular weight excluding hydrogens is 641 g/mol. The molecule has 1 fully saturated rings. The van der Waals surface area contributed by atoms with Gasteiger partial charge in [0.2, 0.25) is 11.8 Å². The van der Waals surface area contributed by atoms with E-state index in [1.54, 1.807) is 40.3 Å². The highest BCUT2D eigenvalue weighted by Crippen LogP contribution is 2.51. The number of carbonyl (C=O) groups excluding carboxylic acids is 3. The molecular formula is C37H32N6O5S. The Morgan fingerprint density at radius 2 is 1.96 bits per heavy atom. The number of nitrogens with one attached hydrogen (secondary N) is 2. The number of thioether (sulfide) groups is 1. The van der Waals surface area contributed by atoms with Crippen molar-refractivity contribution in [2.75, 3.05) is 18.0 Å². The van der Waals surface area contributed by atoms with Gasteiger partial charge in [0.1, 0.15) is 40.2 Å². The standard InChI is InChI=1S/C37H32N6O5S/c1-3-31(44)42-16-14-25(20-42)40-35(45)34-33-32-29(13-15-39-36(32)49-34)43(37(46)41-33)28-12-11-27(17-22(28)2)48-26-9-6-7-23(18-26)21-47-30-10-5-4-8-24(30)19-38/h3-13,15,17-18,25,33-34H,1,14,16,20-21H2,2H3,(H,40,45)(H,41,46)/t25?,33?,34-/m1/s1. The lowest BCUT2D eigenvalue weighted by molar-refractivity contribution is -0.126. The molecule has 3 aliphatic rings. The Morgan fingerprint density at radius 3 is 2.78 bits per heavy atom. The van der Waals surface area contributed by atoms with Crippen LogP contribution in [0.2, 0.25) is 0 Å². The van der Waals surface area contributed by atoms with Crippen molar-refractivity contribution < 1.29 is 23.9 Å². The highest BCUT2D eigenvalue weighted by atomic mass is 32.2. The van der Waals surface area contributed by atoms with Gasteiger partial charge in [0.05, 0.1) is 23.0 Å². The zero-order chi connectivity index (χ0) is 34.1. The lowest BCUT2D eigenvalue weighted by atomic mass is 9.99. The number of hydrogen-bond donors (Lipinski definition) is 2. The van der Waals surface area contributed by atoms with E-state index in [1.165, 1.54) is 17.8 Å². The van der Waals surface area contributed by atoms with Crippen LogP contribution in [0.1, 0.15) is 34.7 Å². The van der Waals surface area contributed by atoms with Crippen LogP contribution >= 0.6 is 11.8 Å².